The minimum atomic E-state index is -3.38. The highest BCUT2D eigenvalue weighted by molar-refractivity contribution is 7.86. The van der Waals surface area contributed by atoms with Gasteiger partial charge in [-0.3, -0.25) is 0 Å². The van der Waals surface area contributed by atoms with Gasteiger partial charge in [0, 0.05) is 36.4 Å². The van der Waals surface area contributed by atoms with Crippen LogP contribution in [0.4, 0.5) is 0 Å². The molecule has 0 spiro atoms. The van der Waals surface area contributed by atoms with Crippen molar-refractivity contribution < 1.29 is 8.42 Å². The van der Waals surface area contributed by atoms with Crippen molar-refractivity contribution in [2.75, 3.05) is 19.0 Å². The molecule has 112 valence electrons. The fourth-order valence-electron chi connectivity index (χ4n) is 3.00. The Kier molecular flexibility index (Phi) is 4.38. The van der Waals surface area contributed by atoms with E-state index in [1.54, 1.807) is 19.9 Å². The Hall–Kier alpha value is -0.140. The van der Waals surface area contributed by atoms with Crippen molar-refractivity contribution >= 4 is 33.1 Å². The fraction of sp³-hybridized carbons (Fsp3) is 0.692. The molecule has 1 aromatic rings. The monoisotopic (exact) mass is 334 g/mol. The number of alkyl halides is 1. The first-order chi connectivity index (χ1) is 9.63. The molecule has 3 heterocycles. The first kappa shape index (κ1) is 14.8. The smallest absolute Gasteiger partial charge is 0.195 e. The van der Waals surface area contributed by atoms with E-state index in [1.165, 1.54) is 4.88 Å². The van der Waals surface area contributed by atoms with Gasteiger partial charge in [-0.2, -0.15) is 17.0 Å². The topological polar surface area (TPSA) is 40.6 Å². The van der Waals surface area contributed by atoms with Gasteiger partial charge >= 0.3 is 0 Å². The third kappa shape index (κ3) is 2.64. The highest BCUT2D eigenvalue weighted by Gasteiger charge is 2.37. The van der Waals surface area contributed by atoms with Crippen LogP contribution in [0, 0.1) is 0 Å². The number of fused-ring (bicyclic) bond motifs is 1. The average Bonchev–Trinajstić information content (AvgIpc) is 2.94. The maximum absolute atomic E-state index is 12.8. The van der Waals surface area contributed by atoms with Crippen molar-refractivity contribution in [3.8, 4) is 0 Å². The minimum absolute atomic E-state index is 0.0423. The molecule has 1 saturated heterocycles. The molecule has 0 amide bonds. The minimum Gasteiger partial charge on any atom is -0.195 e. The van der Waals surface area contributed by atoms with E-state index in [9.17, 15) is 8.42 Å². The Morgan fingerprint density at radius 3 is 3.00 bits per heavy atom. The number of thiophene rings is 1. The predicted molar refractivity (Wildman–Crippen MR) is 82.4 cm³/mol. The highest BCUT2D eigenvalue weighted by Crippen LogP contribution is 2.29. The van der Waals surface area contributed by atoms with Crippen molar-refractivity contribution in [1.82, 2.24) is 8.61 Å². The van der Waals surface area contributed by atoms with Crippen LogP contribution in [0.1, 0.15) is 29.7 Å². The van der Waals surface area contributed by atoms with Crippen molar-refractivity contribution in [3.05, 3.63) is 21.9 Å². The van der Waals surface area contributed by atoms with Crippen LogP contribution in [-0.4, -0.2) is 42.0 Å². The predicted octanol–water partition coefficient (Wildman–Crippen LogP) is 2.44. The number of rotatable bonds is 3. The second kappa shape index (κ2) is 5.93. The summed E-state index contributed by atoms with van der Waals surface area (Å²) in [4.78, 5) is 1.32. The number of hydrogen-bond acceptors (Lipinski definition) is 3. The van der Waals surface area contributed by atoms with Gasteiger partial charge in [0.05, 0.1) is 0 Å². The normalized spacial score (nSPS) is 25.6. The molecular weight excluding hydrogens is 316 g/mol. The quantitative estimate of drug-likeness (QED) is 0.797. The maximum Gasteiger partial charge on any atom is 0.282 e. The fourth-order valence-corrected chi connectivity index (χ4v) is 6.13. The molecule has 0 saturated carbocycles. The van der Waals surface area contributed by atoms with Gasteiger partial charge in [-0.1, -0.05) is 6.42 Å². The Morgan fingerprint density at radius 2 is 2.20 bits per heavy atom. The van der Waals surface area contributed by atoms with E-state index in [0.717, 1.165) is 31.2 Å². The van der Waals surface area contributed by atoms with E-state index in [-0.39, 0.29) is 6.04 Å². The third-order valence-electron chi connectivity index (χ3n) is 4.15. The summed E-state index contributed by atoms with van der Waals surface area (Å²) in [6.07, 6.45) is 3.70. The van der Waals surface area contributed by atoms with E-state index in [2.05, 4.69) is 0 Å². The molecule has 3 rings (SSSR count). The molecule has 1 unspecified atom stereocenters. The van der Waals surface area contributed by atoms with Gasteiger partial charge in [0.2, 0.25) is 0 Å². The number of halogens is 1. The van der Waals surface area contributed by atoms with Gasteiger partial charge in [0.1, 0.15) is 0 Å². The Labute approximate surface area is 129 Å². The van der Waals surface area contributed by atoms with Crippen molar-refractivity contribution in [3.63, 3.8) is 0 Å². The molecule has 1 aromatic heterocycles. The number of nitrogens with zero attached hydrogens (tertiary/aromatic N) is 2. The second-order valence-corrected chi connectivity index (χ2v) is 8.57. The summed E-state index contributed by atoms with van der Waals surface area (Å²) in [5, 5.41) is 2.04. The first-order valence-electron chi connectivity index (χ1n) is 7.01. The summed E-state index contributed by atoms with van der Waals surface area (Å²) < 4.78 is 28.9. The molecule has 0 bridgehead atoms. The maximum atomic E-state index is 12.8. The van der Waals surface area contributed by atoms with Crippen LogP contribution < -0.4 is 0 Å². The Bertz CT molecular complexity index is 573. The van der Waals surface area contributed by atoms with Gasteiger partial charge in [0.15, 0.2) is 0 Å². The van der Waals surface area contributed by atoms with Gasteiger partial charge < -0.3 is 0 Å². The zero-order valence-electron chi connectivity index (χ0n) is 11.3. The molecule has 2 aliphatic rings. The summed E-state index contributed by atoms with van der Waals surface area (Å²) in [5.74, 6) is 0.386. The zero-order valence-corrected chi connectivity index (χ0v) is 13.7. The van der Waals surface area contributed by atoms with E-state index in [1.807, 2.05) is 11.4 Å². The highest BCUT2D eigenvalue weighted by atomic mass is 35.5. The van der Waals surface area contributed by atoms with E-state index >= 15 is 0 Å². The van der Waals surface area contributed by atoms with Gasteiger partial charge in [-0.15, -0.1) is 22.9 Å². The van der Waals surface area contributed by atoms with Crippen LogP contribution >= 0.6 is 22.9 Å². The Balaban J connectivity index is 1.81. The van der Waals surface area contributed by atoms with Gasteiger partial charge in [-0.05, 0) is 36.3 Å². The lowest BCUT2D eigenvalue weighted by atomic mass is 10.1. The summed E-state index contributed by atoms with van der Waals surface area (Å²) >= 11 is 7.68. The zero-order chi connectivity index (χ0) is 14.2. The molecule has 2 aliphatic heterocycles. The molecular formula is C13H19ClN2O2S2. The molecule has 1 fully saturated rings. The summed E-state index contributed by atoms with van der Waals surface area (Å²) in [6, 6.07) is 2.00. The van der Waals surface area contributed by atoms with Gasteiger partial charge in [-0.25, -0.2) is 0 Å². The summed E-state index contributed by atoms with van der Waals surface area (Å²) in [7, 11) is -3.38. The van der Waals surface area contributed by atoms with Crippen LogP contribution in [0.15, 0.2) is 11.4 Å². The van der Waals surface area contributed by atoms with E-state index in [0.29, 0.717) is 25.5 Å². The first-order valence-corrected chi connectivity index (χ1v) is 9.82. The lowest BCUT2D eigenvalue weighted by molar-refractivity contribution is 0.243. The molecule has 4 nitrogen and oxygen atoms in total. The van der Waals surface area contributed by atoms with E-state index in [4.69, 9.17) is 11.6 Å². The standard InChI is InChI=1S/C13H19ClN2O2S2/c14-9-12-3-1-2-6-16(12)20(17,18)15-7-4-13-11(10-15)5-8-19-13/h5,8,12H,1-4,6-7,9-10H2. The number of piperidine rings is 1. The van der Waals surface area contributed by atoms with E-state index < -0.39 is 10.2 Å². The lowest BCUT2D eigenvalue weighted by Gasteiger charge is -2.38. The average molecular weight is 335 g/mol. The number of hydrogen-bond donors (Lipinski definition) is 0. The molecule has 7 heteroatoms. The van der Waals surface area contributed by atoms with Crippen molar-refractivity contribution in [2.45, 2.75) is 38.3 Å². The third-order valence-corrected chi connectivity index (χ3v) is 7.56. The van der Waals surface area contributed by atoms with Crippen molar-refractivity contribution in [1.29, 1.82) is 0 Å². The summed E-state index contributed by atoms with van der Waals surface area (Å²) in [5.41, 5.74) is 1.16. The second-order valence-electron chi connectivity index (χ2n) is 5.37. The molecule has 0 radical (unpaired) electrons. The molecule has 0 aliphatic carbocycles. The lowest BCUT2D eigenvalue weighted by Crippen LogP contribution is -2.52. The van der Waals surface area contributed by atoms with Crippen LogP contribution in [0.25, 0.3) is 0 Å². The largest absolute Gasteiger partial charge is 0.282 e. The molecule has 0 N–H and O–H groups in total. The molecule has 0 aromatic carbocycles. The molecule has 1 atom stereocenters. The van der Waals surface area contributed by atoms with Crippen LogP contribution in [-0.2, 0) is 23.2 Å². The molecule has 20 heavy (non-hydrogen) atoms. The van der Waals surface area contributed by atoms with Crippen LogP contribution in [0.2, 0.25) is 0 Å². The van der Waals surface area contributed by atoms with Crippen LogP contribution in [0.5, 0.6) is 0 Å². The van der Waals surface area contributed by atoms with Gasteiger partial charge in [0.25, 0.3) is 10.2 Å². The van der Waals surface area contributed by atoms with Crippen molar-refractivity contribution in [2.24, 2.45) is 0 Å². The van der Waals surface area contributed by atoms with Crippen LogP contribution in [0.3, 0.4) is 0 Å². The SMILES string of the molecule is O=S(=O)(N1CCc2sccc2C1)N1CCCCC1CCl. The summed E-state index contributed by atoms with van der Waals surface area (Å²) in [6.45, 7) is 1.70. The Morgan fingerprint density at radius 1 is 1.35 bits per heavy atom.